The minimum Gasteiger partial charge on any atom is -0.372 e. The first-order valence-electron chi connectivity index (χ1n) is 7.45. The van der Waals surface area contributed by atoms with Gasteiger partial charge in [-0.2, -0.15) is 13.2 Å². The number of hydrogen-bond donors (Lipinski definition) is 1. The molecule has 0 saturated heterocycles. The molecule has 0 aliphatic rings. The van der Waals surface area contributed by atoms with Gasteiger partial charge >= 0.3 is 6.18 Å². The van der Waals surface area contributed by atoms with E-state index in [-0.39, 0.29) is 6.54 Å². The van der Waals surface area contributed by atoms with Gasteiger partial charge in [-0.1, -0.05) is 26.8 Å². The average molecular weight is 302 g/mol. The Hall–Kier alpha value is -1.23. The molecule has 0 radical (unpaired) electrons. The number of benzene rings is 1. The summed E-state index contributed by atoms with van der Waals surface area (Å²) in [6.45, 7) is 10.3. The van der Waals surface area contributed by atoms with Crippen molar-refractivity contribution in [2.75, 3.05) is 24.5 Å². The normalized spacial score (nSPS) is 12.0. The van der Waals surface area contributed by atoms with Crippen LogP contribution >= 0.6 is 0 Å². The fraction of sp³-hybridized carbons (Fsp3) is 0.625. The number of rotatable bonds is 7. The Morgan fingerprint density at radius 3 is 2.33 bits per heavy atom. The zero-order chi connectivity index (χ0) is 16.0. The predicted octanol–water partition coefficient (Wildman–Crippen LogP) is 4.30. The van der Waals surface area contributed by atoms with Crippen LogP contribution < -0.4 is 10.2 Å². The number of anilines is 1. The molecule has 1 rings (SSSR count). The van der Waals surface area contributed by atoms with E-state index < -0.39 is 11.7 Å². The fourth-order valence-electron chi connectivity index (χ4n) is 2.30. The van der Waals surface area contributed by atoms with Crippen LogP contribution in [0.3, 0.4) is 0 Å². The maximum absolute atomic E-state index is 13.2. The highest BCUT2D eigenvalue weighted by Gasteiger charge is 2.33. The molecule has 0 fully saturated rings. The summed E-state index contributed by atoms with van der Waals surface area (Å²) in [6, 6.07) is 4.65. The first kappa shape index (κ1) is 17.8. The molecule has 21 heavy (non-hydrogen) atoms. The van der Waals surface area contributed by atoms with E-state index in [0.29, 0.717) is 30.3 Å². The molecule has 0 heterocycles. The molecule has 0 aliphatic carbocycles. The number of nitrogens with one attached hydrogen (secondary N) is 1. The van der Waals surface area contributed by atoms with Crippen molar-refractivity contribution in [3.63, 3.8) is 0 Å². The summed E-state index contributed by atoms with van der Waals surface area (Å²) in [4.78, 5) is 1.98. The van der Waals surface area contributed by atoms with Crippen LogP contribution in [-0.2, 0) is 12.7 Å². The molecule has 0 amide bonds. The first-order valence-corrected chi connectivity index (χ1v) is 7.45. The lowest BCUT2D eigenvalue weighted by Crippen LogP contribution is -2.28. The van der Waals surface area contributed by atoms with Crippen LogP contribution in [0, 0.1) is 5.92 Å². The topological polar surface area (TPSA) is 15.3 Å². The molecule has 1 N–H and O–H groups in total. The lowest BCUT2D eigenvalue weighted by Gasteiger charge is -2.26. The maximum atomic E-state index is 13.2. The van der Waals surface area contributed by atoms with Crippen molar-refractivity contribution in [2.24, 2.45) is 5.92 Å². The summed E-state index contributed by atoms with van der Waals surface area (Å²) >= 11 is 0. The third kappa shape index (κ3) is 5.23. The highest BCUT2D eigenvalue weighted by Crippen LogP contribution is 2.34. The van der Waals surface area contributed by atoms with Gasteiger partial charge in [-0.05, 0) is 37.1 Å². The van der Waals surface area contributed by atoms with Crippen molar-refractivity contribution < 1.29 is 13.2 Å². The minimum absolute atomic E-state index is 0.238. The third-order valence-electron chi connectivity index (χ3n) is 3.30. The summed E-state index contributed by atoms with van der Waals surface area (Å²) in [5, 5.41) is 2.96. The van der Waals surface area contributed by atoms with E-state index in [9.17, 15) is 13.2 Å². The highest BCUT2D eigenvalue weighted by molar-refractivity contribution is 5.52. The molecule has 120 valence electrons. The molecule has 2 nitrogen and oxygen atoms in total. The number of halogens is 3. The van der Waals surface area contributed by atoms with E-state index in [4.69, 9.17) is 0 Å². The van der Waals surface area contributed by atoms with E-state index in [2.05, 4.69) is 19.2 Å². The summed E-state index contributed by atoms with van der Waals surface area (Å²) in [7, 11) is 0. The average Bonchev–Trinajstić information content (AvgIpc) is 2.41. The summed E-state index contributed by atoms with van der Waals surface area (Å²) < 4.78 is 39.7. The van der Waals surface area contributed by atoms with E-state index in [1.807, 2.05) is 18.7 Å². The molecule has 0 spiro atoms. The van der Waals surface area contributed by atoms with Crippen LogP contribution in [0.4, 0.5) is 18.9 Å². The molecule has 1 aromatic carbocycles. The Labute approximate surface area is 125 Å². The number of nitrogens with zero attached hydrogens (tertiary/aromatic N) is 1. The van der Waals surface area contributed by atoms with Crippen molar-refractivity contribution in [3.8, 4) is 0 Å². The molecule has 0 unspecified atom stereocenters. The lowest BCUT2D eigenvalue weighted by atomic mass is 10.0. The maximum Gasteiger partial charge on any atom is 0.416 e. The largest absolute Gasteiger partial charge is 0.416 e. The number of hydrogen-bond acceptors (Lipinski definition) is 2. The molecule has 1 aromatic rings. The molecule has 0 atom stereocenters. The number of alkyl halides is 3. The molecule has 0 aromatic heterocycles. The van der Waals surface area contributed by atoms with E-state index in [1.54, 1.807) is 12.1 Å². The van der Waals surface area contributed by atoms with Crippen LogP contribution in [0.5, 0.6) is 0 Å². The van der Waals surface area contributed by atoms with Crippen LogP contribution in [-0.4, -0.2) is 19.6 Å². The predicted molar refractivity (Wildman–Crippen MR) is 81.5 cm³/mol. The van der Waals surface area contributed by atoms with E-state index in [0.717, 1.165) is 6.54 Å². The Bertz CT molecular complexity index is 442. The SMILES string of the molecule is CCNCc1ccc(N(CC)CC(C)C)cc1C(F)(F)F. The summed E-state index contributed by atoms with van der Waals surface area (Å²) in [6.07, 6.45) is -4.32. The van der Waals surface area contributed by atoms with Crippen molar-refractivity contribution >= 4 is 5.69 Å². The van der Waals surface area contributed by atoms with Gasteiger partial charge in [-0.15, -0.1) is 0 Å². The third-order valence-corrected chi connectivity index (χ3v) is 3.30. The Morgan fingerprint density at radius 2 is 1.86 bits per heavy atom. The van der Waals surface area contributed by atoms with Crippen molar-refractivity contribution in [1.29, 1.82) is 0 Å². The Kier molecular flexibility index (Phi) is 6.52. The van der Waals surface area contributed by atoms with Gasteiger partial charge < -0.3 is 10.2 Å². The van der Waals surface area contributed by atoms with E-state index >= 15 is 0 Å². The molecule has 0 aliphatic heterocycles. The Balaban J connectivity index is 3.13. The lowest BCUT2D eigenvalue weighted by molar-refractivity contribution is -0.138. The molecule has 0 bridgehead atoms. The molecular formula is C16H25F3N2. The minimum atomic E-state index is -4.32. The van der Waals surface area contributed by atoms with E-state index in [1.165, 1.54) is 6.07 Å². The van der Waals surface area contributed by atoms with Crippen molar-refractivity contribution in [3.05, 3.63) is 29.3 Å². The van der Waals surface area contributed by atoms with Crippen LogP contribution in [0.2, 0.25) is 0 Å². The second-order valence-corrected chi connectivity index (χ2v) is 5.55. The van der Waals surface area contributed by atoms with Gasteiger partial charge in [0.25, 0.3) is 0 Å². The van der Waals surface area contributed by atoms with Crippen LogP contribution in [0.1, 0.15) is 38.8 Å². The monoisotopic (exact) mass is 302 g/mol. The fourth-order valence-corrected chi connectivity index (χ4v) is 2.30. The Morgan fingerprint density at radius 1 is 1.19 bits per heavy atom. The highest BCUT2D eigenvalue weighted by atomic mass is 19.4. The van der Waals surface area contributed by atoms with Crippen LogP contribution in [0.25, 0.3) is 0 Å². The summed E-state index contributed by atoms with van der Waals surface area (Å²) in [5.74, 6) is 0.403. The second kappa shape index (κ2) is 7.69. The summed E-state index contributed by atoms with van der Waals surface area (Å²) in [5.41, 5.74) is 0.399. The standard InChI is InChI=1S/C16H25F3N2/c1-5-20-10-13-7-8-14(9-15(13)16(17,18)19)21(6-2)11-12(3)4/h7-9,12,20H,5-6,10-11H2,1-4H3. The molecule has 5 heteroatoms. The van der Waals surface area contributed by atoms with Gasteiger partial charge in [-0.25, -0.2) is 0 Å². The molecular weight excluding hydrogens is 277 g/mol. The van der Waals surface area contributed by atoms with Gasteiger partial charge in [0.2, 0.25) is 0 Å². The quantitative estimate of drug-likeness (QED) is 0.808. The first-order chi connectivity index (χ1) is 9.79. The van der Waals surface area contributed by atoms with Crippen molar-refractivity contribution in [1.82, 2.24) is 5.32 Å². The second-order valence-electron chi connectivity index (χ2n) is 5.55. The van der Waals surface area contributed by atoms with Gasteiger partial charge in [0, 0.05) is 25.3 Å². The van der Waals surface area contributed by atoms with Gasteiger partial charge in [0.15, 0.2) is 0 Å². The van der Waals surface area contributed by atoms with Gasteiger partial charge in [-0.3, -0.25) is 0 Å². The van der Waals surface area contributed by atoms with Gasteiger partial charge in [0.05, 0.1) is 5.56 Å². The zero-order valence-corrected chi connectivity index (χ0v) is 13.2. The van der Waals surface area contributed by atoms with Crippen molar-refractivity contribution in [2.45, 2.75) is 40.4 Å². The smallest absolute Gasteiger partial charge is 0.372 e. The van der Waals surface area contributed by atoms with Crippen LogP contribution in [0.15, 0.2) is 18.2 Å². The van der Waals surface area contributed by atoms with Gasteiger partial charge in [0.1, 0.15) is 0 Å². The molecule has 0 saturated carbocycles. The zero-order valence-electron chi connectivity index (χ0n) is 13.2.